The molecule has 0 aromatic carbocycles. The Hall–Kier alpha value is -1.51. The topological polar surface area (TPSA) is 34.2 Å². The van der Waals surface area contributed by atoms with Crippen LogP contribution in [0.15, 0.2) is 30.5 Å². The van der Waals surface area contributed by atoms with Crippen molar-refractivity contribution >= 4 is 5.82 Å². The van der Waals surface area contributed by atoms with Gasteiger partial charge < -0.3 is 10.1 Å². The Morgan fingerprint density at radius 2 is 2.31 bits per heavy atom. The third kappa shape index (κ3) is 4.34. The van der Waals surface area contributed by atoms with Crippen molar-refractivity contribution in [2.45, 2.75) is 33.3 Å². The van der Waals surface area contributed by atoms with Gasteiger partial charge in [0.05, 0.1) is 6.10 Å². The molecule has 1 heterocycles. The summed E-state index contributed by atoms with van der Waals surface area (Å²) in [7, 11) is 0. The van der Waals surface area contributed by atoms with Crippen LogP contribution in [-0.2, 0) is 0 Å². The number of nitrogens with one attached hydrogen (secondary N) is 1. The van der Waals surface area contributed by atoms with Crippen molar-refractivity contribution in [3.63, 3.8) is 0 Å². The number of pyridine rings is 1. The first kappa shape index (κ1) is 12.6. The summed E-state index contributed by atoms with van der Waals surface area (Å²) in [5.41, 5.74) is 0. The van der Waals surface area contributed by atoms with Gasteiger partial charge in [0.15, 0.2) is 11.6 Å². The first-order valence-electron chi connectivity index (χ1n) is 5.70. The Labute approximate surface area is 97.5 Å². The fourth-order valence-corrected chi connectivity index (χ4v) is 1.31. The maximum absolute atomic E-state index is 5.66. The first-order chi connectivity index (χ1) is 7.74. The summed E-state index contributed by atoms with van der Waals surface area (Å²) in [5, 5.41) is 3.27. The van der Waals surface area contributed by atoms with Crippen LogP contribution < -0.4 is 10.1 Å². The van der Waals surface area contributed by atoms with E-state index in [1.807, 2.05) is 39.0 Å². The molecule has 1 N–H and O–H groups in total. The lowest BCUT2D eigenvalue weighted by atomic mass is 10.3. The maximum atomic E-state index is 5.66. The molecule has 3 heteroatoms. The molecule has 0 aliphatic rings. The summed E-state index contributed by atoms with van der Waals surface area (Å²) in [6.07, 6.45) is 7.10. The molecule has 0 fully saturated rings. The molecule has 0 spiro atoms. The molecule has 0 aliphatic carbocycles. The highest BCUT2D eigenvalue weighted by molar-refractivity contribution is 5.49. The van der Waals surface area contributed by atoms with Gasteiger partial charge in [0, 0.05) is 12.7 Å². The largest absolute Gasteiger partial charge is 0.487 e. The van der Waals surface area contributed by atoms with E-state index in [1.54, 1.807) is 6.20 Å². The third-order valence-corrected chi connectivity index (χ3v) is 1.97. The van der Waals surface area contributed by atoms with Crippen LogP contribution in [0.1, 0.15) is 27.2 Å². The van der Waals surface area contributed by atoms with Crippen LogP contribution in [0.5, 0.6) is 5.75 Å². The van der Waals surface area contributed by atoms with E-state index < -0.39 is 0 Å². The summed E-state index contributed by atoms with van der Waals surface area (Å²) >= 11 is 0. The highest BCUT2D eigenvalue weighted by Crippen LogP contribution is 2.21. The maximum Gasteiger partial charge on any atom is 0.168 e. The average Bonchev–Trinajstić information content (AvgIpc) is 2.26. The lowest BCUT2D eigenvalue weighted by Gasteiger charge is -2.13. The number of aromatic nitrogens is 1. The van der Waals surface area contributed by atoms with Gasteiger partial charge in [-0.25, -0.2) is 4.98 Å². The highest BCUT2D eigenvalue weighted by atomic mass is 16.5. The van der Waals surface area contributed by atoms with Gasteiger partial charge in [0.25, 0.3) is 0 Å². The number of nitrogens with zero attached hydrogens (tertiary/aromatic N) is 1. The molecule has 0 saturated heterocycles. The Kier molecular flexibility index (Phi) is 5.40. The lowest BCUT2D eigenvalue weighted by Crippen LogP contribution is -2.10. The molecule has 0 amide bonds. The molecule has 1 aromatic heterocycles. The van der Waals surface area contributed by atoms with Gasteiger partial charge in [-0.1, -0.05) is 12.2 Å². The van der Waals surface area contributed by atoms with E-state index in [0.29, 0.717) is 0 Å². The quantitative estimate of drug-likeness (QED) is 0.590. The van der Waals surface area contributed by atoms with Crippen molar-refractivity contribution in [1.29, 1.82) is 0 Å². The van der Waals surface area contributed by atoms with Crippen LogP contribution in [-0.4, -0.2) is 17.6 Å². The summed E-state index contributed by atoms with van der Waals surface area (Å²) < 4.78 is 5.66. The molecule has 1 rings (SSSR count). The zero-order valence-corrected chi connectivity index (χ0v) is 10.2. The number of hydrogen-bond acceptors (Lipinski definition) is 3. The second-order valence-corrected chi connectivity index (χ2v) is 3.80. The summed E-state index contributed by atoms with van der Waals surface area (Å²) in [4.78, 5) is 4.27. The smallest absolute Gasteiger partial charge is 0.168 e. The van der Waals surface area contributed by atoms with Gasteiger partial charge in [-0.15, -0.1) is 0 Å². The summed E-state index contributed by atoms with van der Waals surface area (Å²) in [5.74, 6) is 1.64. The SMILES string of the molecule is C/C=C/CCNc1ncccc1OC(C)C. The lowest BCUT2D eigenvalue weighted by molar-refractivity contribution is 0.243. The van der Waals surface area contributed by atoms with E-state index >= 15 is 0 Å². The van der Waals surface area contributed by atoms with Crippen LogP contribution in [0.25, 0.3) is 0 Å². The van der Waals surface area contributed by atoms with Crippen molar-refractivity contribution in [3.05, 3.63) is 30.5 Å². The van der Waals surface area contributed by atoms with Crippen LogP contribution in [0.4, 0.5) is 5.82 Å². The number of ether oxygens (including phenoxy) is 1. The van der Waals surface area contributed by atoms with Gasteiger partial charge >= 0.3 is 0 Å². The van der Waals surface area contributed by atoms with E-state index in [4.69, 9.17) is 4.74 Å². The van der Waals surface area contributed by atoms with Gasteiger partial charge in [0.2, 0.25) is 0 Å². The molecule has 0 bridgehead atoms. The Bertz CT molecular complexity index is 334. The number of anilines is 1. The normalized spacial score (nSPS) is 11.0. The molecular formula is C13H20N2O. The zero-order valence-electron chi connectivity index (χ0n) is 10.2. The average molecular weight is 220 g/mol. The molecule has 0 aliphatic heterocycles. The number of allylic oxidation sites excluding steroid dienone is 1. The molecule has 0 atom stereocenters. The minimum Gasteiger partial charge on any atom is -0.487 e. The van der Waals surface area contributed by atoms with Gasteiger partial charge in [-0.3, -0.25) is 0 Å². The molecular weight excluding hydrogens is 200 g/mol. The minimum atomic E-state index is 0.167. The fraction of sp³-hybridized carbons (Fsp3) is 0.462. The Morgan fingerprint density at radius 3 is 3.00 bits per heavy atom. The van der Waals surface area contributed by atoms with Crippen molar-refractivity contribution in [3.8, 4) is 5.75 Å². The first-order valence-corrected chi connectivity index (χ1v) is 5.70. The van der Waals surface area contributed by atoms with Gasteiger partial charge in [-0.05, 0) is 39.3 Å². The Morgan fingerprint density at radius 1 is 1.50 bits per heavy atom. The number of hydrogen-bond donors (Lipinski definition) is 1. The predicted octanol–water partition coefficient (Wildman–Crippen LogP) is 3.25. The molecule has 16 heavy (non-hydrogen) atoms. The van der Waals surface area contributed by atoms with Crippen molar-refractivity contribution in [1.82, 2.24) is 4.98 Å². The molecule has 0 unspecified atom stereocenters. The van der Waals surface area contributed by atoms with Crippen LogP contribution >= 0.6 is 0 Å². The Balaban J connectivity index is 2.56. The van der Waals surface area contributed by atoms with Crippen LogP contribution in [0.2, 0.25) is 0 Å². The number of rotatable bonds is 6. The van der Waals surface area contributed by atoms with Crippen LogP contribution in [0.3, 0.4) is 0 Å². The molecule has 1 aromatic rings. The van der Waals surface area contributed by atoms with Crippen molar-refractivity contribution in [2.75, 3.05) is 11.9 Å². The van der Waals surface area contributed by atoms with Crippen molar-refractivity contribution < 1.29 is 4.74 Å². The van der Waals surface area contributed by atoms with E-state index in [0.717, 1.165) is 24.5 Å². The van der Waals surface area contributed by atoms with Gasteiger partial charge in [0.1, 0.15) is 0 Å². The highest BCUT2D eigenvalue weighted by Gasteiger charge is 2.04. The summed E-state index contributed by atoms with van der Waals surface area (Å²) in [6, 6.07) is 3.82. The van der Waals surface area contributed by atoms with Crippen molar-refractivity contribution in [2.24, 2.45) is 0 Å². The van der Waals surface area contributed by atoms with Crippen LogP contribution in [0, 0.1) is 0 Å². The molecule has 88 valence electrons. The minimum absolute atomic E-state index is 0.167. The standard InChI is InChI=1S/C13H20N2O/c1-4-5-6-9-14-13-12(16-11(2)3)8-7-10-15-13/h4-5,7-8,10-11H,6,9H2,1-3H3,(H,14,15)/b5-4+. The summed E-state index contributed by atoms with van der Waals surface area (Å²) in [6.45, 7) is 6.91. The molecule has 0 radical (unpaired) electrons. The van der Waals surface area contributed by atoms with E-state index in [9.17, 15) is 0 Å². The van der Waals surface area contributed by atoms with Gasteiger partial charge in [-0.2, -0.15) is 0 Å². The van der Waals surface area contributed by atoms with E-state index in [1.165, 1.54) is 0 Å². The monoisotopic (exact) mass is 220 g/mol. The molecule has 3 nitrogen and oxygen atoms in total. The fourth-order valence-electron chi connectivity index (χ4n) is 1.31. The van der Waals surface area contributed by atoms with E-state index in [2.05, 4.69) is 16.4 Å². The third-order valence-electron chi connectivity index (χ3n) is 1.97. The predicted molar refractivity (Wildman–Crippen MR) is 67.9 cm³/mol. The van der Waals surface area contributed by atoms with E-state index in [-0.39, 0.29) is 6.10 Å². The second-order valence-electron chi connectivity index (χ2n) is 3.80. The second kappa shape index (κ2) is 6.88. The zero-order chi connectivity index (χ0) is 11.8. The molecule has 0 saturated carbocycles.